The number of aliphatic hydroxyl groups excluding tert-OH is 1. The van der Waals surface area contributed by atoms with Crippen molar-refractivity contribution in [2.45, 2.75) is 25.4 Å². The van der Waals surface area contributed by atoms with Gasteiger partial charge in [0.05, 0.1) is 6.10 Å². The summed E-state index contributed by atoms with van der Waals surface area (Å²) >= 11 is 0. The van der Waals surface area contributed by atoms with Crippen LogP contribution >= 0.6 is 0 Å². The molecule has 1 aliphatic rings. The predicted octanol–water partition coefficient (Wildman–Crippen LogP) is 1.06. The molecule has 1 aromatic heterocycles. The molecule has 16 heavy (non-hydrogen) atoms. The summed E-state index contributed by atoms with van der Waals surface area (Å²) in [6.45, 7) is 2.38. The van der Waals surface area contributed by atoms with Gasteiger partial charge in [-0.15, -0.1) is 0 Å². The summed E-state index contributed by atoms with van der Waals surface area (Å²) in [6, 6.07) is 3.77. The molecule has 3 N–H and O–H groups in total. The molecule has 88 valence electrons. The third kappa shape index (κ3) is 2.51. The van der Waals surface area contributed by atoms with Crippen LogP contribution in [0.4, 0.5) is 5.82 Å². The minimum Gasteiger partial charge on any atom is -0.387 e. The third-order valence-electron chi connectivity index (χ3n) is 3.06. The van der Waals surface area contributed by atoms with Gasteiger partial charge in [-0.2, -0.15) is 0 Å². The summed E-state index contributed by atoms with van der Waals surface area (Å²) in [6.07, 6.45) is 4.93. The van der Waals surface area contributed by atoms with Crippen molar-refractivity contribution in [3.05, 3.63) is 23.9 Å². The van der Waals surface area contributed by atoms with Crippen LogP contribution in [0.1, 0.15) is 30.9 Å². The zero-order valence-corrected chi connectivity index (χ0v) is 9.47. The molecule has 1 aliphatic heterocycles. The second kappa shape index (κ2) is 5.27. The van der Waals surface area contributed by atoms with Crippen LogP contribution in [0.25, 0.3) is 0 Å². The summed E-state index contributed by atoms with van der Waals surface area (Å²) in [4.78, 5) is 6.63. The molecule has 1 saturated heterocycles. The number of nitrogens with two attached hydrogens (primary N) is 1. The molecule has 1 atom stereocenters. The highest BCUT2D eigenvalue weighted by Crippen LogP contribution is 2.20. The summed E-state index contributed by atoms with van der Waals surface area (Å²) in [7, 11) is 0. The lowest BCUT2D eigenvalue weighted by Gasteiger charge is -2.28. The lowest BCUT2D eigenvalue weighted by molar-refractivity contribution is 0.186. The Morgan fingerprint density at radius 1 is 1.38 bits per heavy atom. The van der Waals surface area contributed by atoms with Crippen LogP contribution in [0.15, 0.2) is 18.3 Å². The van der Waals surface area contributed by atoms with E-state index in [1.807, 2.05) is 12.1 Å². The lowest BCUT2D eigenvalue weighted by atomic mass is 10.1. The first kappa shape index (κ1) is 11.4. The molecule has 4 heteroatoms. The first-order valence-corrected chi connectivity index (χ1v) is 5.90. The predicted molar refractivity (Wildman–Crippen MR) is 64.3 cm³/mol. The molecule has 4 nitrogen and oxygen atoms in total. The van der Waals surface area contributed by atoms with Crippen molar-refractivity contribution in [3.63, 3.8) is 0 Å². The Morgan fingerprint density at radius 3 is 2.81 bits per heavy atom. The molecular formula is C12H19N3O. The monoisotopic (exact) mass is 221 g/mol. The van der Waals surface area contributed by atoms with Crippen LogP contribution in [-0.2, 0) is 0 Å². The molecule has 1 aromatic rings. The van der Waals surface area contributed by atoms with Crippen molar-refractivity contribution in [2.24, 2.45) is 5.73 Å². The topological polar surface area (TPSA) is 62.4 Å². The molecule has 0 radical (unpaired) electrons. The number of aliphatic hydroxyl groups is 1. The van der Waals surface area contributed by atoms with Crippen molar-refractivity contribution in [2.75, 3.05) is 24.5 Å². The lowest BCUT2D eigenvalue weighted by Crippen LogP contribution is -2.30. The quantitative estimate of drug-likeness (QED) is 0.801. The molecule has 0 spiro atoms. The van der Waals surface area contributed by atoms with E-state index < -0.39 is 6.10 Å². The highest BCUT2D eigenvalue weighted by atomic mass is 16.3. The standard InChI is InChI=1S/C12H19N3O/c13-9-11(16)10-4-5-14-12(8-10)15-6-2-1-3-7-15/h4-5,8,11,16H,1-3,6-7,9,13H2. The number of aromatic nitrogens is 1. The summed E-state index contributed by atoms with van der Waals surface area (Å²) in [5.74, 6) is 0.963. The molecular weight excluding hydrogens is 202 g/mol. The normalized spacial score (nSPS) is 18.5. The second-order valence-corrected chi connectivity index (χ2v) is 4.25. The molecule has 0 saturated carbocycles. The van der Waals surface area contributed by atoms with Gasteiger partial charge in [-0.3, -0.25) is 0 Å². The van der Waals surface area contributed by atoms with Gasteiger partial charge in [-0.05, 0) is 37.0 Å². The van der Waals surface area contributed by atoms with Gasteiger partial charge in [0.25, 0.3) is 0 Å². The van der Waals surface area contributed by atoms with E-state index in [9.17, 15) is 5.11 Å². The molecule has 0 aliphatic carbocycles. The number of anilines is 1. The number of hydrogen-bond acceptors (Lipinski definition) is 4. The maximum Gasteiger partial charge on any atom is 0.128 e. The average molecular weight is 221 g/mol. The van der Waals surface area contributed by atoms with E-state index in [1.165, 1.54) is 19.3 Å². The van der Waals surface area contributed by atoms with E-state index in [4.69, 9.17) is 5.73 Å². The third-order valence-corrected chi connectivity index (χ3v) is 3.06. The Bertz CT molecular complexity index is 337. The van der Waals surface area contributed by atoms with Crippen molar-refractivity contribution < 1.29 is 5.11 Å². The molecule has 1 unspecified atom stereocenters. The van der Waals surface area contributed by atoms with Crippen LogP contribution in [0.2, 0.25) is 0 Å². The minimum atomic E-state index is -0.577. The Balaban J connectivity index is 2.14. The minimum absolute atomic E-state index is 0.253. The van der Waals surface area contributed by atoms with Crippen LogP contribution < -0.4 is 10.6 Å². The first-order chi connectivity index (χ1) is 7.81. The van der Waals surface area contributed by atoms with Crippen molar-refractivity contribution in [1.82, 2.24) is 4.98 Å². The average Bonchev–Trinajstić information content (AvgIpc) is 2.39. The Morgan fingerprint density at radius 2 is 2.12 bits per heavy atom. The fraction of sp³-hybridized carbons (Fsp3) is 0.583. The second-order valence-electron chi connectivity index (χ2n) is 4.25. The molecule has 0 aromatic carbocycles. The molecule has 0 amide bonds. The van der Waals surface area contributed by atoms with Crippen LogP contribution in [0.3, 0.4) is 0 Å². The zero-order chi connectivity index (χ0) is 11.4. The molecule has 2 heterocycles. The van der Waals surface area contributed by atoms with Gasteiger partial charge < -0.3 is 15.7 Å². The first-order valence-electron chi connectivity index (χ1n) is 5.90. The Kier molecular flexibility index (Phi) is 3.74. The van der Waals surface area contributed by atoms with Gasteiger partial charge in [-0.25, -0.2) is 4.98 Å². The summed E-state index contributed by atoms with van der Waals surface area (Å²) in [5, 5.41) is 9.68. The summed E-state index contributed by atoms with van der Waals surface area (Å²) < 4.78 is 0. The smallest absolute Gasteiger partial charge is 0.128 e. The zero-order valence-electron chi connectivity index (χ0n) is 9.47. The SMILES string of the molecule is NCC(O)c1ccnc(N2CCCCC2)c1. The van der Waals surface area contributed by atoms with E-state index in [0.29, 0.717) is 0 Å². The van der Waals surface area contributed by atoms with Gasteiger partial charge in [0.1, 0.15) is 5.82 Å². The van der Waals surface area contributed by atoms with Crippen molar-refractivity contribution in [1.29, 1.82) is 0 Å². The van der Waals surface area contributed by atoms with E-state index >= 15 is 0 Å². The largest absolute Gasteiger partial charge is 0.387 e. The number of hydrogen-bond donors (Lipinski definition) is 2. The van der Waals surface area contributed by atoms with E-state index in [-0.39, 0.29) is 6.54 Å². The van der Waals surface area contributed by atoms with Crippen LogP contribution in [-0.4, -0.2) is 29.7 Å². The van der Waals surface area contributed by atoms with Crippen molar-refractivity contribution in [3.8, 4) is 0 Å². The van der Waals surface area contributed by atoms with Gasteiger partial charge in [0.2, 0.25) is 0 Å². The number of nitrogens with zero attached hydrogens (tertiary/aromatic N) is 2. The van der Waals surface area contributed by atoms with Gasteiger partial charge >= 0.3 is 0 Å². The fourth-order valence-electron chi connectivity index (χ4n) is 2.07. The van der Waals surface area contributed by atoms with Crippen molar-refractivity contribution >= 4 is 5.82 Å². The van der Waals surface area contributed by atoms with Crippen LogP contribution in [0.5, 0.6) is 0 Å². The maximum absolute atomic E-state index is 9.68. The molecule has 0 bridgehead atoms. The summed E-state index contributed by atoms with van der Waals surface area (Å²) in [5.41, 5.74) is 6.31. The molecule has 2 rings (SSSR count). The maximum atomic E-state index is 9.68. The van der Waals surface area contributed by atoms with Gasteiger partial charge in [0, 0.05) is 25.8 Å². The van der Waals surface area contributed by atoms with Gasteiger partial charge in [0.15, 0.2) is 0 Å². The van der Waals surface area contributed by atoms with E-state index in [2.05, 4.69) is 9.88 Å². The Hall–Kier alpha value is -1.13. The highest BCUT2D eigenvalue weighted by Gasteiger charge is 2.13. The van der Waals surface area contributed by atoms with E-state index in [1.54, 1.807) is 6.20 Å². The highest BCUT2D eigenvalue weighted by molar-refractivity contribution is 5.41. The van der Waals surface area contributed by atoms with Gasteiger partial charge in [-0.1, -0.05) is 0 Å². The number of pyridine rings is 1. The van der Waals surface area contributed by atoms with Crippen LogP contribution in [0, 0.1) is 0 Å². The number of rotatable bonds is 3. The van der Waals surface area contributed by atoms with E-state index in [0.717, 1.165) is 24.5 Å². The fourth-order valence-corrected chi connectivity index (χ4v) is 2.07. The Labute approximate surface area is 96.1 Å². The number of piperidine rings is 1. The molecule has 1 fully saturated rings.